The first-order valence-corrected chi connectivity index (χ1v) is 10.9. The van der Waals surface area contributed by atoms with Gasteiger partial charge in [-0.3, -0.25) is 0 Å². The summed E-state index contributed by atoms with van der Waals surface area (Å²) in [6.45, 7) is 3.28. The maximum absolute atomic E-state index is 15.2. The molecule has 1 aliphatic rings. The Morgan fingerprint density at radius 3 is 2.33 bits per heavy atom. The van der Waals surface area contributed by atoms with E-state index in [0.717, 1.165) is 12.5 Å². The quantitative estimate of drug-likeness (QED) is 0.334. The molecule has 6 atom stereocenters. The molecule has 0 spiro atoms. The lowest BCUT2D eigenvalue weighted by Gasteiger charge is -2.47. The number of aliphatic hydroxyl groups excluding tert-OH is 5. The molecule has 33 heavy (non-hydrogen) atoms. The van der Waals surface area contributed by atoms with Gasteiger partial charge in [0.05, 0.1) is 19.3 Å². The smallest absolute Gasteiger partial charge is 0.222 e. The van der Waals surface area contributed by atoms with Crippen LogP contribution >= 0.6 is 0 Å². The van der Waals surface area contributed by atoms with E-state index in [1.54, 1.807) is 24.3 Å². The summed E-state index contributed by atoms with van der Waals surface area (Å²) in [5.74, 6) is -2.77. The molecule has 0 bridgehead atoms. The minimum absolute atomic E-state index is 0.0166. The monoisotopic (exact) mass is 466 g/mol. The highest BCUT2D eigenvalue weighted by Gasteiger charge is 2.55. The van der Waals surface area contributed by atoms with Gasteiger partial charge in [-0.15, -0.1) is 0 Å². The molecule has 1 fully saturated rings. The van der Waals surface area contributed by atoms with Gasteiger partial charge in [-0.25, -0.2) is 4.39 Å². The van der Waals surface area contributed by atoms with Crippen LogP contribution in [0.2, 0.25) is 0 Å². The van der Waals surface area contributed by atoms with Gasteiger partial charge < -0.3 is 40.1 Å². The summed E-state index contributed by atoms with van der Waals surface area (Å²) in [7, 11) is 0. The number of benzene rings is 2. The van der Waals surface area contributed by atoms with Crippen molar-refractivity contribution in [2.24, 2.45) is 0 Å². The van der Waals surface area contributed by atoms with Crippen molar-refractivity contribution in [2.45, 2.75) is 69.6 Å². The van der Waals surface area contributed by atoms with Gasteiger partial charge in [0.2, 0.25) is 5.79 Å². The third-order valence-corrected chi connectivity index (χ3v) is 5.80. The van der Waals surface area contributed by atoms with Crippen LogP contribution in [-0.4, -0.2) is 67.8 Å². The standard InChI is InChI=1S/C24H31FO8/c1-3-8-32-16-6-4-14(5-7-16)9-17-18(10-15(12-26)11-19(17)25)24(31)23(30)21(29)20(28)22(33-24)13(2)27/h4-7,10-11,13,20-23,26-31H,3,8-9,12H2,1-2H3/t13-,20-,21-,22+,23+,24+/m0/s1. The van der Waals surface area contributed by atoms with Gasteiger partial charge in [-0.1, -0.05) is 19.1 Å². The van der Waals surface area contributed by atoms with Gasteiger partial charge in [-0.05, 0) is 48.7 Å². The van der Waals surface area contributed by atoms with E-state index in [1.165, 1.54) is 13.0 Å². The molecule has 6 N–H and O–H groups in total. The van der Waals surface area contributed by atoms with E-state index in [4.69, 9.17) is 9.47 Å². The van der Waals surface area contributed by atoms with E-state index < -0.39 is 48.7 Å². The van der Waals surface area contributed by atoms with Crippen LogP contribution in [0.1, 0.15) is 42.5 Å². The van der Waals surface area contributed by atoms with Crippen molar-refractivity contribution in [2.75, 3.05) is 6.61 Å². The Morgan fingerprint density at radius 1 is 1.09 bits per heavy atom. The predicted molar refractivity (Wildman–Crippen MR) is 116 cm³/mol. The Morgan fingerprint density at radius 2 is 1.76 bits per heavy atom. The molecule has 0 radical (unpaired) electrons. The molecule has 2 aromatic carbocycles. The van der Waals surface area contributed by atoms with Gasteiger partial charge >= 0.3 is 0 Å². The van der Waals surface area contributed by atoms with E-state index in [2.05, 4.69) is 0 Å². The zero-order valence-corrected chi connectivity index (χ0v) is 18.6. The maximum atomic E-state index is 15.2. The lowest BCUT2D eigenvalue weighted by atomic mass is 9.83. The zero-order chi connectivity index (χ0) is 24.3. The van der Waals surface area contributed by atoms with Crippen LogP contribution < -0.4 is 4.74 Å². The van der Waals surface area contributed by atoms with Crippen molar-refractivity contribution in [1.82, 2.24) is 0 Å². The zero-order valence-electron chi connectivity index (χ0n) is 18.6. The normalized spacial score (nSPS) is 28.5. The molecule has 0 amide bonds. The average molecular weight is 467 g/mol. The second-order valence-corrected chi connectivity index (χ2v) is 8.38. The summed E-state index contributed by atoms with van der Waals surface area (Å²) in [5.41, 5.74) is 0.510. The lowest BCUT2D eigenvalue weighted by molar-refractivity contribution is -0.364. The summed E-state index contributed by atoms with van der Waals surface area (Å²) in [5, 5.41) is 62.0. The summed E-state index contributed by atoms with van der Waals surface area (Å²) in [6.07, 6.45) is -7.58. The molecule has 9 heteroatoms. The topological polar surface area (TPSA) is 140 Å². The molecule has 0 unspecified atom stereocenters. The molecule has 182 valence electrons. The van der Waals surface area contributed by atoms with Crippen molar-refractivity contribution < 1.29 is 44.5 Å². The molecule has 2 aromatic rings. The second kappa shape index (κ2) is 10.4. The molecule has 0 aliphatic carbocycles. The van der Waals surface area contributed by atoms with Gasteiger partial charge in [-0.2, -0.15) is 0 Å². The van der Waals surface area contributed by atoms with Gasteiger partial charge in [0.15, 0.2) is 0 Å². The second-order valence-electron chi connectivity index (χ2n) is 8.38. The van der Waals surface area contributed by atoms with Gasteiger partial charge in [0.1, 0.15) is 36.0 Å². The largest absolute Gasteiger partial charge is 0.494 e. The molecule has 1 heterocycles. The van der Waals surface area contributed by atoms with E-state index in [0.29, 0.717) is 17.9 Å². The Kier molecular flexibility index (Phi) is 8.07. The Balaban J connectivity index is 2.04. The van der Waals surface area contributed by atoms with Crippen LogP contribution in [0.4, 0.5) is 4.39 Å². The van der Waals surface area contributed by atoms with Gasteiger partial charge in [0.25, 0.3) is 0 Å². The Bertz CT molecular complexity index is 935. The lowest BCUT2D eigenvalue weighted by Crippen LogP contribution is -2.65. The summed E-state index contributed by atoms with van der Waals surface area (Å²) >= 11 is 0. The number of ether oxygens (including phenoxy) is 2. The van der Waals surface area contributed by atoms with Gasteiger partial charge in [0, 0.05) is 17.5 Å². The van der Waals surface area contributed by atoms with Crippen LogP contribution in [0.15, 0.2) is 36.4 Å². The van der Waals surface area contributed by atoms with Crippen molar-refractivity contribution in [3.63, 3.8) is 0 Å². The molecule has 1 saturated heterocycles. The molecule has 8 nitrogen and oxygen atoms in total. The molecule has 0 saturated carbocycles. The highest BCUT2D eigenvalue weighted by atomic mass is 19.1. The van der Waals surface area contributed by atoms with Crippen LogP contribution in [0.25, 0.3) is 0 Å². The highest BCUT2D eigenvalue weighted by molar-refractivity contribution is 5.41. The molecule has 3 rings (SSSR count). The number of hydrogen-bond acceptors (Lipinski definition) is 8. The fourth-order valence-corrected chi connectivity index (χ4v) is 3.98. The van der Waals surface area contributed by atoms with Crippen molar-refractivity contribution in [3.05, 3.63) is 64.5 Å². The Hall–Kier alpha value is -2.11. The van der Waals surface area contributed by atoms with Crippen LogP contribution in [0, 0.1) is 5.82 Å². The van der Waals surface area contributed by atoms with E-state index in [9.17, 15) is 30.6 Å². The van der Waals surface area contributed by atoms with Crippen molar-refractivity contribution >= 4 is 0 Å². The highest BCUT2D eigenvalue weighted by Crippen LogP contribution is 2.40. The van der Waals surface area contributed by atoms with Crippen molar-refractivity contribution in [1.29, 1.82) is 0 Å². The fraction of sp³-hybridized carbons (Fsp3) is 0.500. The van der Waals surface area contributed by atoms with Crippen LogP contribution in [-0.2, 0) is 23.6 Å². The third kappa shape index (κ3) is 5.20. The number of hydrogen-bond donors (Lipinski definition) is 6. The first-order chi connectivity index (χ1) is 15.6. The number of halogens is 1. The molecular formula is C24H31FO8. The molecule has 0 aromatic heterocycles. The van der Waals surface area contributed by atoms with E-state index >= 15 is 4.39 Å². The fourth-order valence-electron chi connectivity index (χ4n) is 3.98. The van der Waals surface area contributed by atoms with Crippen LogP contribution in [0.3, 0.4) is 0 Å². The molecular weight excluding hydrogens is 435 g/mol. The third-order valence-electron chi connectivity index (χ3n) is 5.80. The number of rotatable bonds is 8. The summed E-state index contributed by atoms with van der Waals surface area (Å²) in [6, 6.07) is 9.29. The van der Waals surface area contributed by atoms with Crippen molar-refractivity contribution in [3.8, 4) is 5.75 Å². The first kappa shape index (κ1) is 25.5. The first-order valence-electron chi connectivity index (χ1n) is 10.9. The Labute approximate surface area is 191 Å². The summed E-state index contributed by atoms with van der Waals surface area (Å²) in [4.78, 5) is 0. The minimum atomic E-state index is -2.66. The SMILES string of the molecule is CCCOc1ccc(Cc2c(F)cc(CO)cc2[C@@]2(O)O[C@H]([C@H](C)O)[C@@H](O)[C@H](O)[C@H]2O)cc1. The number of aliphatic hydroxyl groups is 6. The summed E-state index contributed by atoms with van der Waals surface area (Å²) < 4.78 is 26.2. The van der Waals surface area contributed by atoms with E-state index in [1.807, 2.05) is 6.92 Å². The van der Waals surface area contributed by atoms with E-state index in [-0.39, 0.29) is 23.1 Å². The minimum Gasteiger partial charge on any atom is -0.494 e. The maximum Gasteiger partial charge on any atom is 0.222 e. The van der Waals surface area contributed by atoms with Crippen LogP contribution in [0.5, 0.6) is 5.75 Å². The predicted octanol–water partition coefficient (Wildman–Crippen LogP) is 0.705. The molecule has 1 aliphatic heterocycles. The average Bonchev–Trinajstić information content (AvgIpc) is 2.80.